The molecule has 0 spiro atoms. The van der Waals surface area contributed by atoms with Crippen molar-refractivity contribution in [3.8, 4) is 0 Å². The predicted molar refractivity (Wildman–Crippen MR) is 85.1 cm³/mol. The highest BCUT2D eigenvalue weighted by atomic mass is 16.3. The van der Waals surface area contributed by atoms with Crippen molar-refractivity contribution in [1.29, 1.82) is 0 Å². The van der Waals surface area contributed by atoms with Gasteiger partial charge in [-0.2, -0.15) is 0 Å². The third-order valence-corrected chi connectivity index (χ3v) is 3.70. The molecule has 0 saturated heterocycles. The Morgan fingerprint density at radius 2 is 1.35 bits per heavy atom. The predicted octanol–water partition coefficient (Wildman–Crippen LogP) is 4.70. The zero-order valence-corrected chi connectivity index (χ0v) is 12.9. The molecule has 106 valence electrons. The van der Waals surface area contributed by atoms with Crippen molar-refractivity contribution in [2.75, 3.05) is 0 Å². The van der Waals surface area contributed by atoms with Crippen molar-refractivity contribution in [1.82, 2.24) is 0 Å². The van der Waals surface area contributed by atoms with Crippen LogP contribution in [0, 0.1) is 13.8 Å². The van der Waals surface area contributed by atoms with Crippen LogP contribution in [0.4, 0.5) is 0 Å². The highest BCUT2D eigenvalue weighted by Crippen LogP contribution is 2.22. The van der Waals surface area contributed by atoms with Crippen LogP contribution in [0.3, 0.4) is 0 Å². The normalized spacial score (nSPS) is 12.7. The van der Waals surface area contributed by atoms with Gasteiger partial charge in [-0.1, -0.05) is 67.4 Å². The maximum Gasteiger partial charge on any atom is 0.0830 e. The highest BCUT2D eigenvalue weighted by molar-refractivity contribution is 5.31. The van der Waals surface area contributed by atoms with Crippen molar-refractivity contribution < 1.29 is 5.11 Å². The van der Waals surface area contributed by atoms with Gasteiger partial charge >= 0.3 is 0 Å². The second-order valence-corrected chi connectivity index (χ2v) is 6.04. The average molecular weight is 268 g/mol. The van der Waals surface area contributed by atoms with Gasteiger partial charge in [-0.3, -0.25) is 0 Å². The molecule has 2 rings (SSSR count). The lowest BCUT2D eigenvalue weighted by atomic mass is 9.96. The van der Waals surface area contributed by atoms with Crippen molar-refractivity contribution in [2.24, 2.45) is 0 Å². The summed E-state index contributed by atoms with van der Waals surface area (Å²) in [5.41, 5.74) is 6.01. The van der Waals surface area contributed by atoms with E-state index >= 15 is 0 Å². The fourth-order valence-corrected chi connectivity index (χ4v) is 2.63. The Bertz CT molecular complexity index is 547. The van der Waals surface area contributed by atoms with Crippen LogP contribution in [0.5, 0.6) is 0 Å². The standard InChI is InChI=1S/C19H24O/c1-13(2)17-5-7-18(8-6-17)19(20)12-16-10-14(3)9-15(4)11-16/h5-11,13,19-20H,12H2,1-4H3. The van der Waals surface area contributed by atoms with Crippen molar-refractivity contribution in [3.05, 3.63) is 70.3 Å². The number of rotatable bonds is 4. The number of hydrogen-bond donors (Lipinski definition) is 1. The van der Waals surface area contributed by atoms with E-state index in [1.54, 1.807) is 0 Å². The van der Waals surface area contributed by atoms with E-state index in [-0.39, 0.29) is 0 Å². The molecule has 0 amide bonds. The van der Waals surface area contributed by atoms with Gasteiger partial charge < -0.3 is 5.11 Å². The van der Waals surface area contributed by atoms with Crippen LogP contribution in [-0.2, 0) is 6.42 Å². The first-order valence-corrected chi connectivity index (χ1v) is 7.31. The van der Waals surface area contributed by atoms with Gasteiger partial charge in [0.15, 0.2) is 0 Å². The summed E-state index contributed by atoms with van der Waals surface area (Å²) in [5.74, 6) is 0.528. The third kappa shape index (κ3) is 3.71. The van der Waals surface area contributed by atoms with E-state index in [1.165, 1.54) is 22.3 Å². The van der Waals surface area contributed by atoms with E-state index in [1.807, 2.05) is 12.1 Å². The molecule has 1 atom stereocenters. The average Bonchev–Trinajstić information content (AvgIpc) is 2.37. The first-order valence-electron chi connectivity index (χ1n) is 7.31. The van der Waals surface area contributed by atoms with Gasteiger partial charge in [0.1, 0.15) is 0 Å². The lowest BCUT2D eigenvalue weighted by Crippen LogP contribution is -2.03. The Balaban J connectivity index is 2.13. The molecular formula is C19H24O. The molecule has 0 aliphatic carbocycles. The van der Waals surface area contributed by atoms with Gasteiger partial charge in [-0.15, -0.1) is 0 Å². The number of hydrogen-bond acceptors (Lipinski definition) is 1. The van der Waals surface area contributed by atoms with Crippen molar-refractivity contribution >= 4 is 0 Å². The van der Waals surface area contributed by atoms with Crippen LogP contribution < -0.4 is 0 Å². The summed E-state index contributed by atoms with van der Waals surface area (Å²) in [4.78, 5) is 0. The van der Waals surface area contributed by atoms with E-state index < -0.39 is 6.10 Å². The number of benzene rings is 2. The van der Waals surface area contributed by atoms with Gasteiger partial charge in [0.25, 0.3) is 0 Å². The molecule has 1 nitrogen and oxygen atoms in total. The Hall–Kier alpha value is -1.60. The minimum atomic E-state index is -0.433. The van der Waals surface area contributed by atoms with Crippen LogP contribution >= 0.6 is 0 Å². The van der Waals surface area contributed by atoms with E-state index in [4.69, 9.17) is 0 Å². The first kappa shape index (κ1) is 14.8. The van der Waals surface area contributed by atoms with E-state index in [2.05, 4.69) is 58.0 Å². The maximum atomic E-state index is 10.4. The van der Waals surface area contributed by atoms with Gasteiger partial charge in [0.05, 0.1) is 6.10 Å². The highest BCUT2D eigenvalue weighted by Gasteiger charge is 2.10. The largest absolute Gasteiger partial charge is 0.388 e. The summed E-state index contributed by atoms with van der Waals surface area (Å²) in [6.07, 6.45) is 0.237. The van der Waals surface area contributed by atoms with Gasteiger partial charge in [0.2, 0.25) is 0 Å². The molecule has 0 bridgehead atoms. The number of aliphatic hydroxyl groups is 1. The van der Waals surface area contributed by atoms with Crippen molar-refractivity contribution in [2.45, 2.75) is 46.1 Å². The molecule has 1 unspecified atom stereocenters. The lowest BCUT2D eigenvalue weighted by Gasteiger charge is -2.14. The second kappa shape index (κ2) is 6.23. The van der Waals surface area contributed by atoms with Gasteiger partial charge in [-0.05, 0) is 36.5 Å². The summed E-state index contributed by atoms with van der Waals surface area (Å²) < 4.78 is 0. The van der Waals surface area contributed by atoms with E-state index in [9.17, 15) is 5.11 Å². The topological polar surface area (TPSA) is 20.2 Å². The minimum absolute atomic E-state index is 0.433. The summed E-state index contributed by atoms with van der Waals surface area (Å²) in [7, 11) is 0. The molecule has 0 heterocycles. The van der Waals surface area contributed by atoms with Crippen molar-refractivity contribution in [3.63, 3.8) is 0 Å². The molecule has 2 aromatic rings. The second-order valence-electron chi connectivity index (χ2n) is 6.04. The molecule has 0 radical (unpaired) electrons. The fourth-order valence-electron chi connectivity index (χ4n) is 2.63. The Morgan fingerprint density at radius 1 is 0.850 bits per heavy atom. The fraction of sp³-hybridized carbons (Fsp3) is 0.368. The lowest BCUT2D eigenvalue weighted by molar-refractivity contribution is 0.178. The molecule has 0 aliphatic rings. The molecular weight excluding hydrogens is 244 g/mol. The number of aliphatic hydroxyl groups excluding tert-OH is 1. The molecule has 1 N–H and O–H groups in total. The zero-order valence-electron chi connectivity index (χ0n) is 12.9. The van der Waals surface area contributed by atoms with Gasteiger partial charge in [0, 0.05) is 6.42 Å². The molecule has 0 aromatic heterocycles. The monoisotopic (exact) mass is 268 g/mol. The summed E-state index contributed by atoms with van der Waals surface area (Å²) >= 11 is 0. The quantitative estimate of drug-likeness (QED) is 0.852. The third-order valence-electron chi connectivity index (χ3n) is 3.70. The molecule has 0 fully saturated rings. The summed E-state index contributed by atoms with van der Waals surface area (Å²) in [6, 6.07) is 14.8. The summed E-state index contributed by atoms with van der Waals surface area (Å²) in [6.45, 7) is 8.56. The summed E-state index contributed by atoms with van der Waals surface area (Å²) in [5, 5.41) is 10.4. The van der Waals surface area contributed by atoms with Crippen LogP contribution in [0.1, 0.15) is 53.7 Å². The van der Waals surface area contributed by atoms with Crippen LogP contribution in [0.15, 0.2) is 42.5 Å². The van der Waals surface area contributed by atoms with E-state index in [0.29, 0.717) is 12.3 Å². The molecule has 0 aliphatic heterocycles. The molecule has 20 heavy (non-hydrogen) atoms. The van der Waals surface area contributed by atoms with Crippen LogP contribution in [-0.4, -0.2) is 5.11 Å². The van der Waals surface area contributed by atoms with Crippen LogP contribution in [0.2, 0.25) is 0 Å². The zero-order chi connectivity index (χ0) is 14.7. The Morgan fingerprint density at radius 3 is 1.85 bits per heavy atom. The Labute approximate surface area is 122 Å². The maximum absolute atomic E-state index is 10.4. The minimum Gasteiger partial charge on any atom is -0.388 e. The van der Waals surface area contributed by atoms with Crippen LogP contribution in [0.25, 0.3) is 0 Å². The van der Waals surface area contributed by atoms with E-state index in [0.717, 1.165) is 5.56 Å². The SMILES string of the molecule is Cc1cc(C)cc(CC(O)c2ccc(C(C)C)cc2)c1. The smallest absolute Gasteiger partial charge is 0.0830 e. The Kier molecular flexibility index (Phi) is 4.61. The molecule has 2 aromatic carbocycles. The first-order chi connectivity index (χ1) is 9.45. The molecule has 0 saturated carbocycles. The number of aryl methyl sites for hydroxylation is 2. The molecule has 1 heteroatoms. The van der Waals surface area contributed by atoms with Gasteiger partial charge in [-0.25, -0.2) is 0 Å².